The molecule has 4 aromatic rings. The fraction of sp³-hybridized carbons (Fsp3) is 0.511. The van der Waals surface area contributed by atoms with Crippen molar-refractivity contribution < 1.29 is 33.0 Å². The summed E-state index contributed by atoms with van der Waals surface area (Å²) in [7, 11) is 1.51. The van der Waals surface area contributed by atoms with Crippen LogP contribution in [0.25, 0.3) is 10.9 Å². The number of carbonyl (C=O) groups excluding carboxylic acids is 4. The first-order valence-corrected chi connectivity index (χ1v) is 23.1. The average molecular weight is 912 g/mol. The third kappa shape index (κ3) is 8.89. The van der Waals surface area contributed by atoms with E-state index in [1.54, 1.807) is 29.0 Å². The van der Waals surface area contributed by atoms with Crippen LogP contribution >= 0.6 is 11.6 Å². The van der Waals surface area contributed by atoms with Crippen molar-refractivity contribution in [3.05, 3.63) is 80.5 Å². The number of anilines is 3. The van der Waals surface area contributed by atoms with Crippen molar-refractivity contribution in [1.29, 1.82) is 0 Å². The highest BCUT2D eigenvalue weighted by atomic mass is 35.5. The Bertz CT molecular complexity index is 2590. The zero-order chi connectivity index (χ0) is 45.7. The molecule has 1 aliphatic carbocycles. The van der Waals surface area contributed by atoms with Gasteiger partial charge in [0.15, 0.2) is 18.2 Å². The second kappa shape index (κ2) is 18.3. The van der Waals surface area contributed by atoms with Gasteiger partial charge in [-0.2, -0.15) is 4.98 Å². The molecule has 0 spiro atoms. The third-order valence-electron chi connectivity index (χ3n) is 13.8. The number of nitrogens with zero attached hydrogens (tertiary/aromatic N) is 6. The van der Waals surface area contributed by atoms with E-state index in [1.807, 2.05) is 32.0 Å². The summed E-state index contributed by atoms with van der Waals surface area (Å²) in [5.74, 6) is -0.764. The van der Waals surface area contributed by atoms with Crippen molar-refractivity contribution in [3.63, 3.8) is 0 Å². The highest BCUT2D eigenvalue weighted by Gasteiger charge is 2.43. The Hall–Kier alpha value is -5.65. The van der Waals surface area contributed by atoms with Gasteiger partial charge in [0.25, 0.3) is 17.4 Å². The topological polar surface area (TPSA) is 180 Å². The van der Waals surface area contributed by atoms with Gasteiger partial charge >= 0.3 is 0 Å². The first-order chi connectivity index (χ1) is 31.3. The Balaban J connectivity index is 0.757. The van der Waals surface area contributed by atoms with Gasteiger partial charge < -0.3 is 34.5 Å². The van der Waals surface area contributed by atoms with Crippen LogP contribution in [0.4, 0.5) is 21.8 Å². The SMILES string of the molecule is CNC(=O)COc1cc2cc(Nc3nc(N4CCC(O[C@H]5C[C@H](N6CC[C@@H](c7ccc8c(c7F)CN([C@H]7CCC(=O)NC7=O)C8=O)C[C@H]6C)C5)CC4)ncc3Cl)ccc2n(C(C)C)c1=O. The number of ether oxygens (including phenoxy) is 2. The average Bonchev–Trinajstić information content (AvgIpc) is 3.61. The number of aromatic nitrogens is 3. The van der Waals surface area contributed by atoms with Gasteiger partial charge in [-0.25, -0.2) is 9.37 Å². The second-order valence-electron chi connectivity index (χ2n) is 18.3. The molecule has 2 aromatic heterocycles. The molecular formula is C47H55ClFN9O7. The van der Waals surface area contributed by atoms with Crippen LogP contribution in [-0.2, 0) is 25.7 Å². The van der Waals surface area contributed by atoms with E-state index in [-0.39, 0.29) is 91.1 Å². The standard InChI is InChI=1S/C47H55ClFN9O7/c1-25(2)58-37-8-5-29(18-28(37)19-39(46(58)63)64-24-41(60)50-4)52-43-36(48)22-51-47(54-43)55-14-12-31(13-15-55)65-32-20-30(21-32)56-16-11-27(17-26(56)3)33-6-7-34-35(42(33)49)23-57(45(34)62)38-9-10-40(59)53-44(38)61/h5-8,18-19,22,25-27,30-32,38H,9-17,20-21,23-24H2,1-4H3,(H,50,60)(H,51,52,54)(H,53,59,61)/t26-,27-,30-,32-,38+/m1/s1. The Morgan fingerprint density at radius 2 is 1.78 bits per heavy atom. The largest absolute Gasteiger partial charge is 0.478 e. The van der Waals surface area contributed by atoms with Crippen LogP contribution < -0.4 is 31.1 Å². The summed E-state index contributed by atoms with van der Waals surface area (Å²) < 4.78 is 30.0. The molecule has 0 radical (unpaired) electrons. The Morgan fingerprint density at radius 1 is 1.00 bits per heavy atom. The zero-order valence-electron chi connectivity index (χ0n) is 37.1. The number of nitrogens with one attached hydrogen (secondary N) is 3. The molecule has 3 atom stereocenters. The molecule has 18 heteroatoms. The summed E-state index contributed by atoms with van der Waals surface area (Å²) in [5, 5.41) is 9.24. The minimum absolute atomic E-state index is 0.0300. The number of carbonyl (C=O) groups is 4. The predicted molar refractivity (Wildman–Crippen MR) is 242 cm³/mol. The molecule has 0 bridgehead atoms. The number of amides is 4. The second-order valence-corrected chi connectivity index (χ2v) is 18.7. The minimum atomic E-state index is -0.774. The van der Waals surface area contributed by atoms with E-state index in [4.69, 9.17) is 26.1 Å². The molecule has 4 fully saturated rings. The lowest BCUT2D eigenvalue weighted by molar-refractivity contribution is -0.137. The first-order valence-electron chi connectivity index (χ1n) is 22.7. The highest BCUT2D eigenvalue weighted by Crippen LogP contribution is 2.41. The van der Waals surface area contributed by atoms with E-state index in [9.17, 15) is 24.0 Å². The summed E-state index contributed by atoms with van der Waals surface area (Å²) in [6.45, 7) is 8.13. The molecule has 0 unspecified atom stereocenters. The number of benzene rings is 2. The van der Waals surface area contributed by atoms with E-state index in [0.29, 0.717) is 45.2 Å². The quantitative estimate of drug-likeness (QED) is 0.151. The summed E-state index contributed by atoms with van der Waals surface area (Å²) in [6, 6.07) is 10.5. The van der Waals surface area contributed by atoms with Crippen molar-refractivity contribution >= 4 is 63.6 Å². The van der Waals surface area contributed by atoms with E-state index in [0.717, 1.165) is 69.1 Å². The maximum absolute atomic E-state index is 16.1. The highest BCUT2D eigenvalue weighted by molar-refractivity contribution is 6.33. The lowest BCUT2D eigenvalue weighted by Crippen LogP contribution is -2.55. The molecule has 65 heavy (non-hydrogen) atoms. The first kappa shape index (κ1) is 44.5. The number of piperidine rings is 3. The van der Waals surface area contributed by atoms with Crippen LogP contribution in [0, 0.1) is 5.82 Å². The molecule has 4 aliphatic heterocycles. The molecule has 344 valence electrons. The summed E-state index contributed by atoms with van der Waals surface area (Å²) in [6.07, 6.45) is 7.56. The molecule has 4 amide bonds. The molecule has 5 aliphatic rings. The Kier molecular flexibility index (Phi) is 12.6. The molecule has 2 aromatic carbocycles. The van der Waals surface area contributed by atoms with Gasteiger partial charge in [0.2, 0.25) is 17.8 Å². The zero-order valence-corrected chi connectivity index (χ0v) is 37.8. The number of rotatable bonds is 12. The van der Waals surface area contributed by atoms with E-state index in [2.05, 4.69) is 37.7 Å². The molecule has 9 rings (SSSR count). The Labute approximate surface area is 381 Å². The molecule has 3 N–H and O–H groups in total. The van der Waals surface area contributed by atoms with E-state index >= 15 is 4.39 Å². The number of fused-ring (bicyclic) bond motifs is 2. The molecule has 1 saturated carbocycles. The minimum Gasteiger partial charge on any atom is -0.478 e. The normalized spacial score (nSPS) is 24.0. The van der Waals surface area contributed by atoms with Crippen molar-refractivity contribution in [2.75, 3.05) is 43.5 Å². The van der Waals surface area contributed by atoms with E-state index < -0.39 is 11.9 Å². The van der Waals surface area contributed by atoms with Gasteiger partial charge in [0, 0.05) is 66.9 Å². The van der Waals surface area contributed by atoms with Crippen LogP contribution in [-0.4, -0.2) is 112 Å². The molecule has 6 heterocycles. The monoisotopic (exact) mass is 911 g/mol. The summed E-state index contributed by atoms with van der Waals surface area (Å²) in [5.41, 5.74) is 2.40. The van der Waals surface area contributed by atoms with Crippen LogP contribution in [0.3, 0.4) is 0 Å². The molecule has 3 saturated heterocycles. The van der Waals surface area contributed by atoms with Crippen molar-refractivity contribution in [3.8, 4) is 5.75 Å². The summed E-state index contributed by atoms with van der Waals surface area (Å²) in [4.78, 5) is 77.9. The van der Waals surface area contributed by atoms with Gasteiger partial charge in [-0.3, -0.25) is 34.2 Å². The maximum Gasteiger partial charge on any atom is 0.293 e. The predicted octanol–water partition coefficient (Wildman–Crippen LogP) is 5.58. The molecular weight excluding hydrogens is 857 g/mol. The van der Waals surface area contributed by atoms with Gasteiger partial charge in [-0.15, -0.1) is 0 Å². The number of pyridine rings is 1. The van der Waals surface area contributed by atoms with Gasteiger partial charge in [0.05, 0.1) is 30.5 Å². The molecule has 16 nitrogen and oxygen atoms in total. The summed E-state index contributed by atoms with van der Waals surface area (Å²) >= 11 is 6.60. The number of imide groups is 1. The number of halogens is 2. The number of hydrogen-bond donors (Lipinski definition) is 3. The van der Waals surface area contributed by atoms with Crippen molar-refractivity contribution in [2.45, 2.75) is 121 Å². The van der Waals surface area contributed by atoms with Crippen LogP contribution in [0.1, 0.15) is 106 Å². The van der Waals surface area contributed by atoms with Gasteiger partial charge in [-0.05, 0) is 114 Å². The number of hydrogen-bond acceptors (Lipinski definition) is 12. The number of likely N-dealkylation sites (N-methyl/N-ethyl adjacent to an activating group) is 1. The van der Waals surface area contributed by atoms with E-state index in [1.165, 1.54) is 11.9 Å². The lowest BCUT2D eigenvalue weighted by atomic mass is 9.80. The van der Waals surface area contributed by atoms with Gasteiger partial charge in [0.1, 0.15) is 16.9 Å². The fourth-order valence-corrected chi connectivity index (χ4v) is 10.4. The maximum atomic E-state index is 16.1. The van der Waals surface area contributed by atoms with Crippen molar-refractivity contribution in [2.24, 2.45) is 0 Å². The number of likely N-dealkylation sites (tertiary alicyclic amines) is 1. The van der Waals surface area contributed by atoms with Crippen LogP contribution in [0.2, 0.25) is 5.02 Å². The third-order valence-corrected chi connectivity index (χ3v) is 14.1. The fourth-order valence-electron chi connectivity index (χ4n) is 10.3. The lowest BCUT2D eigenvalue weighted by Gasteiger charge is -2.49. The Morgan fingerprint density at radius 3 is 2.51 bits per heavy atom. The smallest absolute Gasteiger partial charge is 0.293 e. The van der Waals surface area contributed by atoms with Crippen LogP contribution in [0.15, 0.2) is 47.4 Å². The van der Waals surface area contributed by atoms with Crippen LogP contribution in [0.5, 0.6) is 5.75 Å². The van der Waals surface area contributed by atoms with Crippen molar-refractivity contribution in [1.82, 2.24) is 35.0 Å². The van der Waals surface area contributed by atoms with Gasteiger partial charge in [-0.1, -0.05) is 17.7 Å².